The van der Waals surface area contributed by atoms with Gasteiger partial charge in [0.05, 0.1) is 5.69 Å². The van der Waals surface area contributed by atoms with E-state index in [1.165, 1.54) is 0 Å². The Morgan fingerprint density at radius 1 is 1.31 bits per heavy atom. The first kappa shape index (κ1) is 13.9. The zero-order valence-corrected chi connectivity index (χ0v) is 11.7. The number of aromatic amines is 1. The molecule has 0 aromatic carbocycles. The van der Waals surface area contributed by atoms with Crippen molar-refractivity contribution < 1.29 is 4.79 Å². The van der Waals surface area contributed by atoms with Crippen LogP contribution in [0, 0.1) is 13.8 Å². The van der Waals surface area contributed by atoms with Crippen LogP contribution in [0.15, 0.2) is 6.58 Å². The summed E-state index contributed by atoms with van der Waals surface area (Å²) in [6, 6.07) is 0. The maximum absolute atomic E-state index is 11.8. The van der Waals surface area contributed by atoms with Crippen molar-refractivity contribution in [3.63, 3.8) is 0 Å². The number of nitrogens with one attached hydrogen (secondary N) is 1. The Bertz CT molecular complexity index is 456. The molecule has 0 aliphatic carbocycles. The van der Waals surface area contributed by atoms with Gasteiger partial charge >= 0.3 is 0 Å². The van der Waals surface area contributed by atoms with Gasteiger partial charge in [-0.1, -0.05) is 53.0 Å². The van der Waals surface area contributed by atoms with E-state index in [1.807, 2.05) is 0 Å². The van der Waals surface area contributed by atoms with Gasteiger partial charge in [-0.05, 0) is 19.4 Å². The summed E-state index contributed by atoms with van der Waals surface area (Å²) in [6.07, 6.45) is 0. The second-order valence-corrected chi connectivity index (χ2v) is 6.09. The van der Waals surface area contributed by atoms with Gasteiger partial charge in [0, 0.05) is 16.3 Å². The van der Waals surface area contributed by atoms with Crippen LogP contribution < -0.4 is 0 Å². The van der Waals surface area contributed by atoms with E-state index in [1.54, 1.807) is 13.8 Å². The fourth-order valence-corrected chi connectivity index (χ4v) is 2.09. The van der Waals surface area contributed by atoms with Crippen molar-refractivity contribution in [2.75, 3.05) is 0 Å². The summed E-state index contributed by atoms with van der Waals surface area (Å²) < 4.78 is -1.98. The van der Waals surface area contributed by atoms with Crippen molar-refractivity contribution in [2.45, 2.75) is 17.6 Å². The highest BCUT2D eigenvalue weighted by molar-refractivity contribution is 6.77. The van der Waals surface area contributed by atoms with Crippen molar-refractivity contribution in [3.8, 4) is 0 Å². The van der Waals surface area contributed by atoms with Crippen LogP contribution in [0.2, 0.25) is 0 Å². The van der Waals surface area contributed by atoms with E-state index in [9.17, 15) is 4.79 Å². The van der Waals surface area contributed by atoms with Crippen LogP contribution in [-0.4, -0.2) is 14.6 Å². The molecule has 1 aromatic rings. The number of aromatic nitrogens is 1. The summed E-state index contributed by atoms with van der Waals surface area (Å²) in [5.74, 6) is -0.609. The average Bonchev–Trinajstić information content (AvgIpc) is 2.38. The van der Waals surface area contributed by atoms with Gasteiger partial charge in [0.15, 0.2) is 0 Å². The van der Waals surface area contributed by atoms with Gasteiger partial charge in [0.25, 0.3) is 3.79 Å². The fourth-order valence-electron chi connectivity index (χ4n) is 1.53. The summed E-state index contributed by atoms with van der Waals surface area (Å²) >= 11 is 22.4. The highest BCUT2D eigenvalue weighted by Gasteiger charge is 2.34. The Kier molecular flexibility index (Phi) is 4.01. The van der Waals surface area contributed by atoms with E-state index >= 15 is 0 Å². The van der Waals surface area contributed by atoms with E-state index in [0.29, 0.717) is 16.2 Å². The molecule has 16 heavy (non-hydrogen) atoms. The zero-order valence-electron chi connectivity index (χ0n) is 8.63. The molecule has 1 aromatic heterocycles. The number of hydrogen-bond donors (Lipinski definition) is 1. The first-order valence-electron chi connectivity index (χ1n) is 4.31. The van der Waals surface area contributed by atoms with Crippen LogP contribution in [0.4, 0.5) is 0 Å². The molecule has 6 heteroatoms. The molecule has 0 spiro atoms. The molecule has 0 radical (unpaired) electrons. The van der Waals surface area contributed by atoms with Gasteiger partial charge in [0.1, 0.15) is 0 Å². The number of alkyl halides is 3. The first-order chi connectivity index (χ1) is 7.16. The lowest BCUT2D eigenvalue weighted by Gasteiger charge is -2.08. The molecule has 0 bridgehead atoms. The quantitative estimate of drug-likeness (QED) is 0.637. The Hall–Kier alpha value is -0.150. The van der Waals surface area contributed by atoms with Gasteiger partial charge in [-0.3, -0.25) is 4.79 Å². The van der Waals surface area contributed by atoms with Crippen LogP contribution in [0.3, 0.4) is 0 Å². The van der Waals surface area contributed by atoms with Crippen LogP contribution in [0.5, 0.6) is 0 Å². The minimum absolute atomic E-state index is 0.245. The highest BCUT2D eigenvalue weighted by Crippen LogP contribution is 2.34. The van der Waals surface area contributed by atoms with Crippen LogP contribution in [-0.2, 0) is 0 Å². The smallest absolute Gasteiger partial charge is 0.255 e. The predicted octanol–water partition coefficient (Wildman–Crippen LogP) is 4.39. The molecule has 1 rings (SSSR count). The number of H-pyrrole nitrogens is 1. The third-order valence-electron chi connectivity index (χ3n) is 2.19. The molecule has 0 unspecified atom stereocenters. The highest BCUT2D eigenvalue weighted by atomic mass is 35.6. The van der Waals surface area contributed by atoms with Gasteiger partial charge in [-0.15, -0.1) is 0 Å². The molecule has 88 valence electrons. The zero-order chi connectivity index (χ0) is 12.7. The monoisotopic (exact) mass is 299 g/mol. The van der Waals surface area contributed by atoms with E-state index in [-0.39, 0.29) is 5.69 Å². The van der Waals surface area contributed by atoms with Gasteiger partial charge in [-0.25, -0.2) is 0 Å². The average molecular weight is 301 g/mol. The summed E-state index contributed by atoms with van der Waals surface area (Å²) in [7, 11) is 0. The van der Waals surface area contributed by atoms with Crippen LogP contribution in [0.25, 0.3) is 5.03 Å². The van der Waals surface area contributed by atoms with E-state index in [0.717, 1.165) is 5.69 Å². The lowest BCUT2D eigenvalue weighted by Crippen LogP contribution is -2.20. The summed E-state index contributed by atoms with van der Waals surface area (Å²) in [6.45, 7) is 7.10. The molecule has 2 nitrogen and oxygen atoms in total. The number of ketones is 1. The number of hydrogen-bond acceptors (Lipinski definition) is 1. The lowest BCUT2D eigenvalue weighted by atomic mass is 10.1. The second kappa shape index (κ2) is 4.61. The number of carbonyl (C=O) groups is 1. The normalized spacial score (nSPS) is 11.6. The molecular formula is C10H9Cl4NO. The molecule has 0 aliphatic rings. The number of carbonyl (C=O) groups excluding carboxylic acids is 1. The molecule has 0 saturated heterocycles. The van der Waals surface area contributed by atoms with Crippen molar-refractivity contribution in [3.05, 3.63) is 29.1 Å². The molecule has 0 saturated carbocycles. The molecular weight excluding hydrogens is 292 g/mol. The molecule has 0 fully saturated rings. The van der Waals surface area contributed by atoms with Gasteiger partial charge < -0.3 is 4.98 Å². The van der Waals surface area contributed by atoms with E-state index < -0.39 is 9.58 Å². The SMILES string of the molecule is C=C(Cl)c1c(C)[nH]c(C(=O)C(Cl)(Cl)Cl)c1C. The third kappa shape index (κ3) is 2.57. The standard InChI is InChI=1S/C10H9Cl4NO/c1-4-7(5(2)11)6(3)15-8(4)9(16)10(12,13)14/h15H,2H2,1,3H3. The maximum Gasteiger partial charge on any atom is 0.255 e. The minimum Gasteiger partial charge on any atom is -0.355 e. The van der Waals surface area contributed by atoms with Crippen LogP contribution in [0.1, 0.15) is 27.3 Å². The third-order valence-corrected chi connectivity index (χ3v) is 2.90. The summed E-state index contributed by atoms with van der Waals surface area (Å²) in [4.78, 5) is 14.6. The molecule has 1 N–H and O–H groups in total. The lowest BCUT2D eigenvalue weighted by molar-refractivity contribution is 0.0991. The van der Waals surface area contributed by atoms with Crippen LogP contribution >= 0.6 is 46.4 Å². The Morgan fingerprint density at radius 3 is 2.12 bits per heavy atom. The maximum atomic E-state index is 11.8. The fraction of sp³-hybridized carbons (Fsp3) is 0.300. The molecule has 0 amide bonds. The van der Waals surface area contributed by atoms with Crippen molar-refractivity contribution >= 4 is 57.2 Å². The topological polar surface area (TPSA) is 32.9 Å². The Morgan fingerprint density at radius 2 is 1.81 bits per heavy atom. The Labute approximate surface area is 114 Å². The molecule has 0 atom stereocenters. The van der Waals surface area contributed by atoms with Crippen molar-refractivity contribution in [1.29, 1.82) is 0 Å². The number of rotatable bonds is 2. The second-order valence-electron chi connectivity index (χ2n) is 3.36. The number of aryl methyl sites for hydroxylation is 1. The first-order valence-corrected chi connectivity index (χ1v) is 5.83. The van der Waals surface area contributed by atoms with Gasteiger partial charge in [-0.2, -0.15) is 0 Å². The van der Waals surface area contributed by atoms with E-state index in [2.05, 4.69) is 11.6 Å². The molecule has 1 heterocycles. The van der Waals surface area contributed by atoms with E-state index in [4.69, 9.17) is 46.4 Å². The number of halogens is 4. The number of Topliss-reactive ketones (excluding diaryl/α,β-unsaturated/α-hetero) is 1. The van der Waals surface area contributed by atoms with Crippen molar-refractivity contribution in [1.82, 2.24) is 4.98 Å². The summed E-state index contributed by atoms with van der Waals surface area (Å²) in [5.41, 5.74) is 2.28. The molecule has 0 aliphatic heterocycles. The van der Waals surface area contributed by atoms with Crippen molar-refractivity contribution in [2.24, 2.45) is 0 Å². The predicted molar refractivity (Wildman–Crippen MR) is 69.8 cm³/mol. The van der Waals surface area contributed by atoms with Gasteiger partial charge in [0.2, 0.25) is 5.78 Å². The summed E-state index contributed by atoms with van der Waals surface area (Å²) in [5, 5.41) is 0.342. The Balaban J connectivity index is 3.34. The minimum atomic E-state index is -1.98. The largest absolute Gasteiger partial charge is 0.355 e.